The Bertz CT molecular complexity index is 351. The smallest absolute Gasteiger partial charge is 0.124 e. The van der Waals surface area contributed by atoms with E-state index in [1.807, 2.05) is 25.1 Å². The van der Waals surface area contributed by atoms with Gasteiger partial charge in [0, 0.05) is 11.6 Å². The van der Waals surface area contributed by atoms with Gasteiger partial charge in [-0.25, -0.2) is 0 Å². The molecular weight excluding hydrogens is 234 g/mol. The maximum absolute atomic E-state index is 6.39. The number of ether oxygens (including phenoxy) is 1. The van der Waals surface area contributed by atoms with Crippen LogP contribution in [0.5, 0.6) is 5.75 Å². The first kappa shape index (κ1) is 16.0. The summed E-state index contributed by atoms with van der Waals surface area (Å²) in [5.74, 6) is 1.67. The molecule has 2 atom stereocenters. The molecular formula is C17H29NO. The first-order valence-corrected chi connectivity index (χ1v) is 7.70. The fraction of sp³-hybridized carbons (Fsp3) is 0.647. The van der Waals surface area contributed by atoms with Crippen molar-refractivity contribution in [1.29, 1.82) is 0 Å². The minimum absolute atomic E-state index is 0.0876. The molecule has 0 aromatic heterocycles. The van der Waals surface area contributed by atoms with Crippen molar-refractivity contribution in [2.75, 3.05) is 6.61 Å². The molecule has 0 spiro atoms. The second-order valence-corrected chi connectivity index (χ2v) is 5.23. The highest BCUT2D eigenvalue weighted by atomic mass is 16.5. The van der Waals surface area contributed by atoms with E-state index in [4.69, 9.17) is 10.5 Å². The zero-order chi connectivity index (χ0) is 14.1. The lowest BCUT2D eigenvalue weighted by molar-refractivity contribution is 0.327. The first-order valence-electron chi connectivity index (χ1n) is 7.70. The van der Waals surface area contributed by atoms with E-state index in [1.54, 1.807) is 0 Å². The van der Waals surface area contributed by atoms with Gasteiger partial charge in [-0.1, -0.05) is 57.7 Å². The van der Waals surface area contributed by atoms with Crippen LogP contribution in [0, 0.1) is 5.92 Å². The van der Waals surface area contributed by atoms with E-state index in [2.05, 4.69) is 19.9 Å². The van der Waals surface area contributed by atoms with Crippen LogP contribution in [0.25, 0.3) is 0 Å². The van der Waals surface area contributed by atoms with Gasteiger partial charge in [-0.15, -0.1) is 0 Å². The Labute approximate surface area is 118 Å². The van der Waals surface area contributed by atoms with E-state index in [-0.39, 0.29) is 6.04 Å². The molecule has 2 unspecified atom stereocenters. The van der Waals surface area contributed by atoms with Crippen molar-refractivity contribution in [2.45, 2.75) is 58.9 Å². The molecule has 2 N–H and O–H groups in total. The summed E-state index contributed by atoms with van der Waals surface area (Å²) in [7, 11) is 0. The van der Waals surface area contributed by atoms with Crippen LogP contribution < -0.4 is 10.5 Å². The Kier molecular flexibility index (Phi) is 7.57. The van der Waals surface area contributed by atoms with Gasteiger partial charge in [-0.3, -0.25) is 0 Å². The third kappa shape index (κ3) is 5.23. The summed E-state index contributed by atoms with van der Waals surface area (Å²) in [6.07, 6.45) is 6.13. The van der Waals surface area contributed by atoms with Crippen molar-refractivity contribution in [3.63, 3.8) is 0 Å². The molecule has 1 aromatic carbocycles. The number of unbranched alkanes of at least 4 members (excludes halogenated alkanes) is 1. The maximum atomic E-state index is 6.39. The average molecular weight is 263 g/mol. The SMILES string of the molecule is CCCCC(CC)CC(N)c1ccccc1OCC. The van der Waals surface area contributed by atoms with Crippen LogP contribution in [-0.2, 0) is 0 Å². The van der Waals surface area contributed by atoms with Crippen LogP contribution >= 0.6 is 0 Å². The number of para-hydroxylation sites is 1. The Balaban J connectivity index is 2.67. The van der Waals surface area contributed by atoms with E-state index in [0.29, 0.717) is 6.61 Å². The second kappa shape index (κ2) is 8.98. The molecule has 0 aliphatic rings. The van der Waals surface area contributed by atoms with E-state index in [1.165, 1.54) is 25.7 Å². The monoisotopic (exact) mass is 263 g/mol. The Hall–Kier alpha value is -1.02. The van der Waals surface area contributed by atoms with Crippen molar-refractivity contribution in [3.05, 3.63) is 29.8 Å². The molecule has 1 rings (SSSR count). The van der Waals surface area contributed by atoms with Crippen LogP contribution in [-0.4, -0.2) is 6.61 Å². The van der Waals surface area contributed by atoms with Crippen molar-refractivity contribution < 1.29 is 4.74 Å². The van der Waals surface area contributed by atoms with Gasteiger partial charge in [0.05, 0.1) is 6.61 Å². The van der Waals surface area contributed by atoms with Gasteiger partial charge in [-0.05, 0) is 25.3 Å². The zero-order valence-electron chi connectivity index (χ0n) is 12.7. The van der Waals surface area contributed by atoms with Gasteiger partial charge >= 0.3 is 0 Å². The van der Waals surface area contributed by atoms with Crippen molar-refractivity contribution >= 4 is 0 Å². The molecule has 1 aromatic rings. The predicted octanol–water partition coefficient (Wildman–Crippen LogP) is 4.69. The van der Waals surface area contributed by atoms with Crippen molar-refractivity contribution in [3.8, 4) is 5.75 Å². The highest BCUT2D eigenvalue weighted by Gasteiger charge is 2.16. The molecule has 0 radical (unpaired) electrons. The van der Waals surface area contributed by atoms with E-state index >= 15 is 0 Å². The molecule has 0 fully saturated rings. The first-order chi connectivity index (χ1) is 9.22. The molecule has 0 aliphatic heterocycles. The minimum atomic E-state index is 0.0876. The number of rotatable bonds is 9. The van der Waals surface area contributed by atoms with E-state index in [0.717, 1.165) is 23.7 Å². The summed E-state index contributed by atoms with van der Waals surface area (Å²) in [6.45, 7) is 7.22. The highest BCUT2D eigenvalue weighted by molar-refractivity contribution is 5.35. The summed E-state index contributed by atoms with van der Waals surface area (Å²) in [5, 5.41) is 0. The van der Waals surface area contributed by atoms with Crippen molar-refractivity contribution in [2.24, 2.45) is 11.7 Å². The summed E-state index contributed by atoms with van der Waals surface area (Å²) in [5.41, 5.74) is 7.55. The molecule has 0 saturated carbocycles. The van der Waals surface area contributed by atoms with Crippen LogP contribution in [0.15, 0.2) is 24.3 Å². The van der Waals surface area contributed by atoms with Crippen molar-refractivity contribution in [1.82, 2.24) is 0 Å². The number of benzene rings is 1. The van der Waals surface area contributed by atoms with Crippen LogP contribution in [0.1, 0.15) is 64.5 Å². The number of hydrogen-bond acceptors (Lipinski definition) is 2. The largest absolute Gasteiger partial charge is 0.494 e. The fourth-order valence-electron chi connectivity index (χ4n) is 2.54. The Morgan fingerprint density at radius 2 is 1.89 bits per heavy atom. The highest BCUT2D eigenvalue weighted by Crippen LogP contribution is 2.30. The molecule has 2 nitrogen and oxygen atoms in total. The average Bonchev–Trinajstić information content (AvgIpc) is 2.44. The number of hydrogen-bond donors (Lipinski definition) is 1. The number of nitrogens with two attached hydrogens (primary N) is 1. The topological polar surface area (TPSA) is 35.2 Å². The molecule has 0 saturated heterocycles. The normalized spacial score (nSPS) is 14.1. The lowest BCUT2D eigenvalue weighted by Gasteiger charge is -2.21. The second-order valence-electron chi connectivity index (χ2n) is 5.23. The molecule has 0 aliphatic carbocycles. The van der Waals surface area contributed by atoms with Gasteiger partial charge in [0.15, 0.2) is 0 Å². The molecule has 0 bridgehead atoms. The quantitative estimate of drug-likeness (QED) is 0.701. The molecule has 108 valence electrons. The molecule has 2 heteroatoms. The van der Waals surface area contributed by atoms with Crippen LogP contribution in [0.3, 0.4) is 0 Å². The fourth-order valence-corrected chi connectivity index (χ4v) is 2.54. The van der Waals surface area contributed by atoms with Gasteiger partial charge in [0.1, 0.15) is 5.75 Å². The summed E-state index contributed by atoms with van der Waals surface area (Å²) < 4.78 is 5.67. The van der Waals surface area contributed by atoms with Gasteiger partial charge in [-0.2, -0.15) is 0 Å². The van der Waals surface area contributed by atoms with E-state index in [9.17, 15) is 0 Å². The zero-order valence-corrected chi connectivity index (χ0v) is 12.7. The lowest BCUT2D eigenvalue weighted by Crippen LogP contribution is -2.16. The molecule has 0 heterocycles. The Morgan fingerprint density at radius 3 is 2.53 bits per heavy atom. The van der Waals surface area contributed by atoms with E-state index < -0.39 is 0 Å². The minimum Gasteiger partial charge on any atom is -0.494 e. The third-order valence-corrected chi connectivity index (χ3v) is 3.75. The van der Waals surface area contributed by atoms with Crippen LogP contribution in [0.4, 0.5) is 0 Å². The standard InChI is InChI=1S/C17H29NO/c1-4-7-10-14(5-2)13-16(18)15-11-8-9-12-17(15)19-6-3/h8-9,11-12,14,16H,4-7,10,13,18H2,1-3H3. The molecule has 0 amide bonds. The van der Waals surface area contributed by atoms with Crippen LogP contribution in [0.2, 0.25) is 0 Å². The summed E-state index contributed by atoms with van der Waals surface area (Å²) in [6, 6.07) is 8.26. The third-order valence-electron chi connectivity index (χ3n) is 3.75. The molecule has 19 heavy (non-hydrogen) atoms. The summed E-state index contributed by atoms with van der Waals surface area (Å²) >= 11 is 0. The Morgan fingerprint density at radius 1 is 1.16 bits per heavy atom. The predicted molar refractivity (Wildman–Crippen MR) is 82.5 cm³/mol. The van der Waals surface area contributed by atoms with Gasteiger partial charge < -0.3 is 10.5 Å². The lowest BCUT2D eigenvalue weighted by atomic mass is 9.89. The van der Waals surface area contributed by atoms with Gasteiger partial charge in [0.2, 0.25) is 0 Å². The van der Waals surface area contributed by atoms with Gasteiger partial charge in [0.25, 0.3) is 0 Å². The maximum Gasteiger partial charge on any atom is 0.124 e. The summed E-state index contributed by atoms with van der Waals surface area (Å²) in [4.78, 5) is 0.